The number of amides is 10. The summed E-state index contributed by atoms with van der Waals surface area (Å²) in [6.45, 7) is -4.48. The van der Waals surface area contributed by atoms with Crippen molar-refractivity contribution in [1.29, 1.82) is 0 Å². The third kappa shape index (κ3) is 20.9. The molecule has 0 aliphatic heterocycles. The normalized spacial score (nSPS) is 10.6. The zero-order chi connectivity index (χ0) is 52.2. The van der Waals surface area contributed by atoms with Crippen molar-refractivity contribution < 1.29 is 66.3 Å². The van der Waals surface area contributed by atoms with E-state index in [2.05, 4.69) is 21.8 Å². The van der Waals surface area contributed by atoms with Crippen LogP contribution in [0.5, 0.6) is 0 Å². The number of rotatable bonds is 24. The first-order chi connectivity index (χ1) is 31.4. The minimum atomic E-state index is -3.54. The smallest absolute Gasteiger partial charge is 0.323 e. The lowest BCUT2D eigenvalue weighted by Crippen LogP contribution is -2.49. The van der Waals surface area contributed by atoms with Gasteiger partial charge in [-0.2, -0.15) is 0 Å². The number of likely N-dealkylation sites (N-methyl/N-ethyl adjacent to an activating group) is 10. The number of carbonyl (C=O) groups is 11. The Balaban J connectivity index is 2.51. The zero-order valence-electron chi connectivity index (χ0n) is 40.4. The summed E-state index contributed by atoms with van der Waals surface area (Å²) in [4.78, 5) is 156. The van der Waals surface area contributed by atoms with E-state index < -0.39 is 128 Å². The van der Waals surface area contributed by atoms with Gasteiger partial charge in [-0.3, -0.25) is 52.7 Å². The van der Waals surface area contributed by atoms with Gasteiger partial charge >= 0.3 is 5.97 Å². The summed E-state index contributed by atoms with van der Waals surface area (Å²) in [6, 6.07) is 0. The molecule has 0 radical (unpaired) electrons. The molecule has 10 amide bonds. The average Bonchev–Trinajstić information content (AvgIpc) is 3.24. The number of aliphatic carboxylic acids is 1. The number of carbonyl (C=O) groups excluding carboxylic acids is 10. The number of carboxylic acid groups (broad SMARTS) is 1. The van der Waals surface area contributed by atoms with Crippen LogP contribution < -0.4 is 0 Å². The van der Waals surface area contributed by atoms with Crippen molar-refractivity contribution in [3.05, 3.63) is 18.0 Å². The molecule has 0 saturated heterocycles. The third-order valence-corrected chi connectivity index (χ3v) is 10.7. The summed E-state index contributed by atoms with van der Waals surface area (Å²) in [5.74, 6) is -1.52. The van der Waals surface area contributed by atoms with Gasteiger partial charge in [0.25, 0.3) is 0 Å². The van der Waals surface area contributed by atoms with Crippen molar-refractivity contribution in [2.24, 2.45) is 0 Å². The Labute approximate surface area is 395 Å². The Morgan fingerprint density at radius 1 is 0.441 bits per heavy atom. The summed E-state index contributed by atoms with van der Waals surface area (Å²) in [7, 11) is 9.72. The van der Waals surface area contributed by atoms with Crippen molar-refractivity contribution >= 4 is 74.9 Å². The molecule has 0 atom stereocenters. The number of hydrogen-bond donors (Lipinski definition) is 1. The fraction of sp³-hybridized carbons (Fsp3) is 0.585. The molecule has 0 unspecified atom stereocenters. The second-order valence-electron chi connectivity index (χ2n) is 16.1. The predicted octanol–water partition coefficient (Wildman–Crippen LogP) is -4.93. The summed E-state index contributed by atoms with van der Waals surface area (Å²) in [5.41, 5.74) is 0.402. The second-order valence-corrected chi connectivity index (χ2v) is 18.0. The highest BCUT2D eigenvalue weighted by molar-refractivity contribution is 7.90. The van der Waals surface area contributed by atoms with Crippen molar-refractivity contribution in [3.63, 3.8) is 0 Å². The van der Waals surface area contributed by atoms with Crippen molar-refractivity contribution in [2.75, 3.05) is 142 Å². The van der Waals surface area contributed by atoms with Gasteiger partial charge < -0.3 is 54.1 Å². The van der Waals surface area contributed by atoms with Gasteiger partial charge in [0.15, 0.2) is 0 Å². The molecule has 0 aliphatic rings. The fourth-order valence-electron chi connectivity index (χ4n) is 5.25. The summed E-state index contributed by atoms with van der Waals surface area (Å²) in [5, 5.41) is 8.52. The van der Waals surface area contributed by atoms with E-state index in [0.717, 1.165) is 50.4 Å². The maximum absolute atomic E-state index is 12.9. The van der Waals surface area contributed by atoms with Gasteiger partial charge in [-0.15, -0.1) is 0 Å². The van der Waals surface area contributed by atoms with Gasteiger partial charge in [-0.05, 0) is 6.42 Å². The van der Waals surface area contributed by atoms with E-state index in [1.54, 1.807) is 0 Å². The van der Waals surface area contributed by atoms with Crippen LogP contribution in [-0.4, -0.2) is 280 Å². The Kier molecular flexibility index (Phi) is 23.7. The predicted molar refractivity (Wildman–Crippen MR) is 240 cm³/mol. The van der Waals surface area contributed by atoms with Crippen LogP contribution in [0.3, 0.4) is 0 Å². The molecule has 0 aliphatic carbocycles. The molecule has 26 nitrogen and oxygen atoms in total. The molecule has 0 spiro atoms. The number of hydrogen-bond acceptors (Lipinski definition) is 15. The van der Waals surface area contributed by atoms with Crippen molar-refractivity contribution in [2.45, 2.75) is 24.4 Å². The van der Waals surface area contributed by atoms with Crippen LogP contribution in [-0.2, 0) is 62.6 Å². The molecule has 0 fully saturated rings. The molecule has 68 heavy (non-hydrogen) atoms. The molecule has 27 heteroatoms. The first-order valence-electron chi connectivity index (χ1n) is 20.6. The van der Waals surface area contributed by atoms with Gasteiger partial charge in [-0.1, -0.05) is 11.8 Å². The Morgan fingerprint density at radius 3 is 0.912 bits per heavy atom. The van der Waals surface area contributed by atoms with Crippen molar-refractivity contribution in [1.82, 2.24) is 59.0 Å². The molecule has 376 valence electrons. The summed E-state index contributed by atoms with van der Waals surface area (Å²) < 4.78 is 23.0. The first kappa shape index (κ1) is 58.8. The van der Waals surface area contributed by atoms with Crippen LogP contribution in [0.2, 0.25) is 0 Å². The highest BCUT2D eigenvalue weighted by Crippen LogP contribution is 2.05. The van der Waals surface area contributed by atoms with Gasteiger partial charge in [-0.25, -0.2) is 18.4 Å². The van der Waals surface area contributed by atoms with Gasteiger partial charge in [0, 0.05) is 102 Å². The Morgan fingerprint density at radius 2 is 0.676 bits per heavy atom. The van der Waals surface area contributed by atoms with E-state index in [4.69, 9.17) is 5.11 Å². The van der Waals surface area contributed by atoms with E-state index >= 15 is 0 Å². The van der Waals surface area contributed by atoms with Gasteiger partial charge in [0.1, 0.15) is 6.54 Å². The largest absolute Gasteiger partial charge is 0.480 e. The number of unbranched alkanes of at least 4 members (excludes halogenated alkanes) is 1. The number of sulfone groups is 1. The Hall–Kier alpha value is -7.24. The minimum Gasteiger partial charge on any atom is -0.480 e. The second kappa shape index (κ2) is 27.4. The molecule has 1 heterocycles. The molecule has 0 aromatic carbocycles. The molecule has 1 aromatic heterocycles. The van der Waals surface area contributed by atoms with Gasteiger partial charge in [0.2, 0.25) is 74.1 Å². The van der Waals surface area contributed by atoms with Crippen molar-refractivity contribution in [3.8, 4) is 11.8 Å². The topological polar surface area (TPSA) is 300 Å². The quantitative estimate of drug-likeness (QED) is 0.0577. The molecule has 0 saturated carbocycles. The van der Waals surface area contributed by atoms with Crippen LogP contribution in [0.15, 0.2) is 17.6 Å². The third-order valence-electron chi connectivity index (χ3n) is 9.87. The van der Waals surface area contributed by atoms with Crippen LogP contribution in [0, 0.1) is 11.8 Å². The monoisotopic (exact) mass is 978 g/mol. The number of nitrogens with zero attached hydrogens (tertiary/aromatic N) is 12. The fourth-order valence-corrected chi connectivity index (χ4v) is 5.74. The molecular weight excluding hydrogens is 917 g/mol. The van der Waals surface area contributed by atoms with E-state index in [-0.39, 0.29) is 24.0 Å². The first-order valence-corrected chi connectivity index (χ1v) is 22.5. The number of carboxylic acids is 1. The van der Waals surface area contributed by atoms with Crippen LogP contribution in [0.1, 0.15) is 24.8 Å². The summed E-state index contributed by atoms with van der Waals surface area (Å²) in [6.07, 6.45) is 4.33. The molecular formula is C41H62N12O14S. The van der Waals surface area contributed by atoms with E-state index in [0.29, 0.717) is 18.4 Å². The maximum Gasteiger partial charge on any atom is 0.323 e. The van der Waals surface area contributed by atoms with Crippen LogP contribution in [0.4, 0.5) is 0 Å². The highest BCUT2D eigenvalue weighted by Gasteiger charge is 2.26. The van der Waals surface area contributed by atoms with E-state index in [9.17, 15) is 61.2 Å². The van der Waals surface area contributed by atoms with E-state index in [1.807, 2.05) is 0 Å². The lowest BCUT2D eigenvalue weighted by molar-refractivity contribution is -0.147. The van der Waals surface area contributed by atoms with Crippen LogP contribution in [0.25, 0.3) is 0 Å². The molecule has 1 rings (SSSR count). The maximum atomic E-state index is 12.9. The van der Waals surface area contributed by atoms with E-state index in [1.165, 1.54) is 87.8 Å². The lowest BCUT2D eigenvalue weighted by Gasteiger charge is -2.27. The average molecular weight is 979 g/mol. The molecule has 0 bridgehead atoms. The molecule has 1 aromatic rings. The summed E-state index contributed by atoms with van der Waals surface area (Å²) >= 11 is 0. The molecule has 1 N–H and O–H groups in total. The van der Waals surface area contributed by atoms with Gasteiger partial charge in [0.05, 0.1) is 64.5 Å². The number of aromatic nitrogens is 2. The lowest BCUT2D eigenvalue weighted by atomic mass is 10.2. The van der Waals surface area contributed by atoms with Crippen LogP contribution >= 0.6 is 0 Å². The SMILES string of the molecule is CN(CC(=O)O)C(=O)CN(C)C(=O)CN(C)C(=O)CN(C)C(=O)CN(C)C(=O)CN(C)C(=O)CN(C)C(=O)CN(C)C(=O)CN(C)C(=O)CN(C)C(=O)CCCC#Cc1cnc(S(C)(=O)=O)nc1. The Bertz CT molecular complexity index is 2230. The standard InChI is InChI=1S/C41H62N12O14S/c1-44(30(54)16-14-12-13-15-29-17-42-41(43-18-29)68(11,66)67)19-31(55)45(2)20-32(56)46(3)21-33(57)47(4)22-34(58)48(5)23-35(59)49(6)24-36(60)50(7)25-37(61)51(8)26-38(62)52(9)27-39(63)53(10)28-40(64)65/h17-18H,12,14,16,19-28H2,1-11H3,(H,64,65). The highest BCUT2D eigenvalue weighted by atomic mass is 32.2. The minimum absolute atomic E-state index is 0.0811. The zero-order valence-corrected chi connectivity index (χ0v) is 41.2.